The van der Waals surface area contributed by atoms with Crippen LogP contribution in [0.25, 0.3) is 0 Å². The van der Waals surface area contributed by atoms with Gasteiger partial charge in [0.05, 0.1) is 16.9 Å². The van der Waals surface area contributed by atoms with Crippen LogP contribution in [-0.4, -0.2) is 16.8 Å². The average Bonchev–Trinajstić information content (AvgIpc) is 2.35. The number of hydrogen-bond donors (Lipinski definition) is 1. The Bertz CT molecular complexity index is 527. The SMILES string of the molecule is CCCCC1=Nc2ccc(C(C)(C)O)cc2C(=O)[N]1. The van der Waals surface area contributed by atoms with Crippen molar-refractivity contribution >= 4 is 17.4 Å². The second-order valence-electron chi connectivity index (χ2n) is 5.34. The average molecular weight is 259 g/mol. The third kappa shape index (κ3) is 3.01. The molecule has 4 nitrogen and oxygen atoms in total. The first-order chi connectivity index (χ1) is 8.91. The van der Waals surface area contributed by atoms with Gasteiger partial charge in [0.2, 0.25) is 0 Å². The lowest BCUT2D eigenvalue weighted by molar-refractivity contribution is 0.0785. The van der Waals surface area contributed by atoms with E-state index in [4.69, 9.17) is 0 Å². The molecule has 0 fully saturated rings. The zero-order chi connectivity index (χ0) is 14.0. The zero-order valence-corrected chi connectivity index (χ0v) is 11.6. The van der Waals surface area contributed by atoms with E-state index in [1.54, 1.807) is 32.0 Å². The second-order valence-corrected chi connectivity index (χ2v) is 5.34. The van der Waals surface area contributed by atoms with Crippen molar-refractivity contribution in [2.45, 2.75) is 45.6 Å². The van der Waals surface area contributed by atoms with Gasteiger partial charge in [0.15, 0.2) is 0 Å². The summed E-state index contributed by atoms with van der Waals surface area (Å²) >= 11 is 0. The van der Waals surface area contributed by atoms with E-state index in [0.717, 1.165) is 19.3 Å². The smallest absolute Gasteiger partial charge is 0.280 e. The van der Waals surface area contributed by atoms with Gasteiger partial charge in [0, 0.05) is 6.42 Å². The molecule has 0 unspecified atom stereocenters. The van der Waals surface area contributed by atoms with Gasteiger partial charge in [0.25, 0.3) is 5.91 Å². The normalized spacial score (nSPS) is 14.7. The molecule has 0 atom stereocenters. The molecule has 1 heterocycles. The van der Waals surface area contributed by atoms with Gasteiger partial charge in [-0.2, -0.15) is 5.32 Å². The highest BCUT2D eigenvalue weighted by molar-refractivity contribution is 6.12. The quantitative estimate of drug-likeness (QED) is 0.903. The first-order valence-corrected chi connectivity index (χ1v) is 6.62. The summed E-state index contributed by atoms with van der Waals surface area (Å²) in [6, 6.07) is 5.26. The van der Waals surface area contributed by atoms with Gasteiger partial charge < -0.3 is 5.11 Å². The summed E-state index contributed by atoms with van der Waals surface area (Å²) in [5.41, 5.74) is 0.850. The molecule has 0 bridgehead atoms. The molecule has 0 saturated carbocycles. The third-order valence-corrected chi connectivity index (χ3v) is 3.17. The zero-order valence-electron chi connectivity index (χ0n) is 11.6. The van der Waals surface area contributed by atoms with Crippen LogP contribution in [0.15, 0.2) is 23.2 Å². The van der Waals surface area contributed by atoms with Crippen molar-refractivity contribution in [2.24, 2.45) is 4.99 Å². The summed E-state index contributed by atoms with van der Waals surface area (Å²) in [5, 5.41) is 14.0. The fourth-order valence-electron chi connectivity index (χ4n) is 1.97. The van der Waals surface area contributed by atoms with Crippen LogP contribution in [0.5, 0.6) is 0 Å². The molecule has 1 amide bonds. The van der Waals surface area contributed by atoms with E-state index in [9.17, 15) is 9.90 Å². The predicted molar refractivity (Wildman–Crippen MR) is 74.8 cm³/mol. The molecule has 0 aliphatic carbocycles. The summed E-state index contributed by atoms with van der Waals surface area (Å²) in [5.74, 6) is 0.345. The molecule has 1 aliphatic heterocycles. The number of benzene rings is 1. The highest BCUT2D eigenvalue weighted by Crippen LogP contribution is 2.29. The van der Waals surface area contributed by atoms with E-state index in [1.807, 2.05) is 0 Å². The first-order valence-electron chi connectivity index (χ1n) is 6.62. The van der Waals surface area contributed by atoms with E-state index in [-0.39, 0.29) is 5.91 Å². The van der Waals surface area contributed by atoms with Crippen LogP contribution in [0.1, 0.15) is 56.0 Å². The Morgan fingerprint density at radius 2 is 2.05 bits per heavy atom. The highest BCUT2D eigenvalue weighted by atomic mass is 16.3. The standard InChI is InChI=1S/C15H19N2O2/c1-4-5-6-13-16-12-8-7-10(15(2,3)19)9-11(12)14(18)17-13/h7-9,19H,4-6H2,1-3H3. The number of aliphatic imine (C=N–C) groups is 1. The molecule has 4 heteroatoms. The Balaban J connectivity index is 2.35. The summed E-state index contributed by atoms with van der Waals surface area (Å²) in [4.78, 5) is 16.4. The molecular weight excluding hydrogens is 240 g/mol. The number of carbonyl (C=O) groups is 1. The van der Waals surface area contributed by atoms with Crippen molar-refractivity contribution in [1.29, 1.82) is 0 Å². The van der Waals surface area contributed by atoms with Crippen LogP contribution in [0.3, 0.4) is 0 Å². The summed E-state index contributed by atoms with van der Waals surface area (Å²) in [7, 11) is 0. The number of nitrogens with zero attached hydrogens (tertiary/aromatic N) is 2. The van der Waals surface area contributed by atoms with Crippen molar-refractivity contribution < 1.29 is 9.90 Å². The molecule has 0 spiro atoms. The Morgan fingerprint density at radius 3 is 2.68 bits per heavy atom. The van der Waals surface area contributed by atoms with E-state index < -0.39 is 5.60 Å². The number of rotatable bonds is 4. The monoisotopic (exact) mass is 259 g/mol. The van der Waals surface area contributed by atoms with Gasteiger partial charge in [-0.1, -0.05) is 19.4 Å². The number of hydrogen-bond acceptors (Lipinski definition) is 3. The molecule has 19 heavy (non-hydrogen) atoms. The molecule has 1 aromatic carbocycles. The fraction of sp³-hybridized carbons (Fsp3) is 0.467. The van der Waals surface area contributed by atoms with Crippen LogP contribution in [0, 0.1) is 0 Å². The van der Waals surface area contributed by atoms with E-state index in [0.29, 0.717) is 22.6 Å². The van der Waals surface area contributed by atoms with E-state index in [1.165, 1.54) is 0 Å². The van der Waals surface area contributed by atoms with Gasteiger partial charge in [-0.15, -0.1) is 0 Å². The first kappa shape index (κ1) is 13.7. The van der Waals surface area contributed by atoms with E-state index >= 15 is 0 Å². The molecule has 0 saturated heterocycles. The summed E-state index contributed by atoms with van der Waals surface area (Å²) in [6.45, 7) is 5.47. The number of aliphatic hydroxyl groups is 1. The van der Waals surface area contributed by atoms with Gasteiger partial charge in [0.1, 0.15) is 5.84 Å². The van der Waals surface area contributed by atoms with Crippen LogP contribution < -0.4 is 5.32 Å². The van der Waals surface area contributed by atoms with Gasteiger partial charge in [-0.25, -0.2) is 4.99 Å². The number of amidine groups is 1. The lowest BCUT2D eigenvalue weighted by Crippen LogP contribution is -2.27. The molecule has 1 N–H and O–H groups in total. The minimum Gasteiger partial charge on any atom is -0.386 e. The maximum atomic E-state index is 12.0. The molecule has 2 rings (SSSR count). The van der Waals surface area contributed by atoms with Crippen LogP contribution in [0.2, 0.25) is 0 Å². The number of carbonyl (C=O) groups excluding carboxylic acids is 1. The fourth-order valence-corrected chi connectivity index (χ4v) is 1.97. The van der Waals surface area contributed by atoms with Crippen LogP contribution >= 0.6 is 0 Å². The lowest BCUT2D eigenvalue weighted by Gasteiger charge is -2.20. The number of unbranched alkanes of at least 4 members (excludes halogenated alkanes) is 1. The maximum Gasteiger partial charge on any atom is 0.280 e. The Morgan fingerprint density at radius 1 is 1.32 bits per heavy atom. The molecule has 1 aromatic rings. The van der Waals surface area contributed by atoms with Crippen LogP contribution in [0.4, 0.5) is 5.69 Å². The minimum atomic E-state index is -0.971. The molecule has 1 aliphatic rings. The molecule has 101 valence electrons. The molecule has 0 aromatic heterocycles. The van der Waals surface area contributed by atoms with Crippen molar-refractivity contribution in [2.75, 3.05) is 0 Å². The van der Waals surface area contributed by atoms with Crippen molar-refractivity contribution in [3.8, 4) is 0 Å². The largest absolute Gasteiger partial charge is 0.386 e. The van der Waals surface area contributed by atoms with Gasteiger partial charge >= 0.3 is 0 Å². The van der Waals surface area contributed by atoms with Gasteiger partial charge in [-0.3, -0.25) is 4.79 Å². The van der Waals surface area contributed by atoms with Crippen molar-refractivity contribution in [3.05, 3.63) is 29.3 Å². The Kier molecular flexibility index (Phi) is 3.71. The van der Waals surface area contributed by atoms with E-state index in [2.05, 4.69) is 17.2 Å². The predicted octanol–water partition coefficient (Wildman–Crippen LogP) is 2.89. The topological polar surface area (TPSA) is 63.8 Å². The lowest BCUT2D eigenvalue weighted by atomic mass is 9.95. The number of amides is 1. The van der Waals surface area contributed by atoms with Crippen molar-refractivity contribution in [1.82, 2.24) is 5.32 Å². The van der Waals surface area contributed by atoms with Crippen molar-refractivity contribution in [3.63, 3.8) is 0 Å². The third-order valence-electron chi connectivity index (χ3n) is 3.17. The Labute approximate surface area is 113 Å². The molecular formula is C15H19N2O2. The summed E-state index contributed by atoms with van der Waals surface area (Å²) < 4.78 is 0. The minimum absolute atomic E-state index is 0.262. The highest BCUT2D eigenvalue weighted by Gasteiger charge is 2.24. The summed E-state index contributed by atoms with van der Waals surface area (Å²) in [6.07, 6.45) is 2.76. The number of fused-ring (bicyclic) bond motifs is 1. The van der Waals surface area contributed by atoms with Gasteiger partial charge in [-0.05, 0) is 38.0 Å². The van der Waals surface area contributed by atoms with Crippen LogP contribution in [-0.2, 0) is 5.60 Å². The second kappa shape index (κ2) is 5.13. The molecule has 1 radical (unpaired) electrons. The maximum absolute atomic E-state index is 12.0. The Hall–Kier alpha value is -1.68.